The van der Waals surface area contributed by atoms with Crippen LogP contribution in [0.5, 0.6) is 0 Å². The monoisotopic (exact) mass is 297 g/mol. The average molecular weight is 297 g/mol. The molecule has 0 aromatic heterocycles. The van der Waals surface area contributed by atoms with E-state index >= 15 is 0 Å². The number of nitro groups is 1. The molecule has 0 aliphatic heterocycles. The zero-order valence-corrected chi connectivity index (χ0v) is 11.7. The molecule has 0 fully saturated rings. The fourth-order valence-electron chi connectivity index (χ4n) is 2.02. The van der Waals surface area contributed by atoms with Gasteiger partial charge < -0.3 is 15.3 Å². The molecule has 116 valence electrons. The summed E-state index contributed by atoms with van der Waals surface area (Å²) in [5, 5.41) is 38.4. The third-order valence-electron chi connectivity index (χ3n) is 3.28. The van der Waals surface area contributed by atoms with Crippen molar-refractivity contribution in [3.63, 3.8) is 0 Å². The first-order chi connectivity index (χ1) is 9.82. The molecular formula is C14H19NO6. The van der Waals surface area contributed by atoms with Gasteiger partial charge in [-0.3, -0.25) is 10.1 Å². The van der Waals surface area contributed by atoms with Crippen LogP contribution in [0.25, 0.3) is 0 Å². The molecule has 7 heteroatoms. The number of carboxylic acid groups (broad SMARTS) is 1. The first-order valence-corrected chi connectivity index (χ1v) is 6.69. The largest absolute Gasteiger partial charge is 0.478 e. The summed E-state index contributed by atoms with van der Waals surface area (Å²) < 4.78 is 0. The van der Waals surface area contributed by atoms with Crippen LogP contribution in [0.2, 0.25) is 0 Å². The van der Waals surface area contributed by atoms with Gasteiger partial charge in [0.2, 0.25) is 0 Å². The number of aliphatic hydroxyl groups excluding tert-OH is 2. The van der Waals surface area contributed by atoms with Gasteiger partial charge in [0.1, 0.15) is 0 Å². The van der Waals surface area contributed by atoms with Crippen LogP contribution in [0, 0.1) is 10.1 Å². The van der Waals surface area contributed by atoms with Crippen molar-refractivity contribution in [2.45, 2.75) is 44.8 Å². The molecule has 21 heavy (non-hydrogen) atoms. The second kappa shape index (κ2) is 7.70. The highest BCUT2D eigenvalue weighted by molar-refractivity contribution is 5.89. The first-order valence-electron chi connectivity index (χ1n) is 6.69. The van der Waals surface area contributed by atoms with Crippen LogP contribution in [0.15, 0.2) is 18.2 Å². The number of aromatic carboxylic acids is 1. The highest BCUT2D eigenvalue weighted by atomic mass is 16.6. The van der Waals surface area contributed by atoms with E-state index in [0.717, 1.165) is 0 Å². The number of nitro benzene ring substituents is 1. The minimum atomic E-state index is -1.12. The Morgan fingerprint density at radius 2 is 2.00 bits per heavy atom. The number of nitrogens with zero attached hydrogens (tertiary/aromatic N) is 1. The van der Waals surface area contributed by atoms with Crippen LogP contribution >= 0.6 is 0 Å². The van der Waals surface area contributed by atoms with Gasteiger partial charge >= 0.3 is 5.97 Å². The van der Waals surface area contributed by atoms with Gasteiger partial charge in [-0.2, -0.15) is 0 Å². The molecule has 0 heterocycles. The number of non-ortho nitro benzene ring substituents is 1. The highest BCUT2D eigenvalue weighted by Crippen LogP contribution is 2.20. The predicted octanol–water partition coefficient (Wildman–Crippen LogP) is 1.75. The Hall–Kier alpha value is -1.99. The van der Waals surface area contributed by atoms with Crippen molar-refractivity contribution in [3.8, 4) is 0 Å². The fourth-order valence-corrected chi connectivity index (χ4v) is 2.02. The number of rotatable bonds is 8. The van der Waals surface area contributed by atoms with Crippen LogP contribution in [-0.4, -0.2) is 38.4 Å². The summed E-state index contributed by atoms with van der Waals surface area (Å²) in [6.07, 6.45) is 0.315. The van der Waals surface area contributed by atoms with Crippen molar-refractivity contribution < 1.29 is 25.0 Å². The number of hydrogen-bond donors (Lipinski definition) is 3. The lowest BCUT2D eigenvalue weighted by Crippen LogP contribution is -2.22. The number of carbonyl (C=O) groups is 1. The molecule has 0 saturated heterocycles. The van der Waals surface area contributed by atoms with E-state index in [4.69, 9.17) is 10.2 Å². The minimum absolute atomic E-state index is 0.0525. The lowest BCUT2D eigenvalue weighted by atomic mass is 9.99. The Bertz CT molecular complexity index is 514. The van der Waals surface area contributed by atoms with E-state index < -0.39 is 23.1 Å². The van der Waals surface area contributed by atoms with Gasteiger partial charge in [-0.05, 0) is 37.8 Å². The number of carboxylic acids is 1. The van der Waals surface area contributed by atoms with E-state index in [1.165, 1.54) is 25.1 Å². The van der Waals surface area contributed by atoms with Crippen LogP contribution in [0.3, 0.4) is 0 Å². The predicted molar refractivity (Wildman–Crippen MR) is 75.3 cm³/mol. The normalized spacial score (nSPS) is 13.7. The average Bonchev–Trinajstić information content (AvgIpc) is 2.42. The maximum absolute atomic E-state index is 11.1. The van der Waals surface area contributed by atoms with Gasteiger partial charge in [0.05, 0.1) is 22.7 Å². The molecule has 1 aromatic carbocycles. The second-order valence-electron chi connectivity index (χ2n) is 4.96. The molecule has 3 N–H and O–H groups in total. The lowest BCUT2D eigenvalue weighted by molar-refractivity contribution is -0.384. The van der Waals surface area contributed by atoms with Crippen molar-refractivity contribution >= 4 is 11.7 Å². The summed E-state index contributed by atoms with van der Waals surface area (Å²) in [5.74, 6) is -1.12. The van der Waals surface area contributed by atoms with Gasteiger partial charge in [-0.1, -0.05) is 6.42 Å². The van der Waals surface area contributed by atoms with Crippen LogP contribution in [0.4, 0.5) is 5.69 Å². The summed E-state index contributed by atoms with van der Waals surface area (Å²) in [5.41, 5.74) is 0.318. The Labute approximate surface area is 122 Å². The molecule has 2 atom stereocenters. The second-order valence-corrected chi connectivity index (χ2v) is 4.96. The minimum Gasteiger partial charge on any atom is -0.478 e. The maximum Gasteiger partial charge on any atom is 0.335 e. The fraction of sp³-hybridized carbons (Fsp3) is 0.500. The zero-order chi connectivity index (χ0) is 16.0. The Morgan fingerprint density at radius 1 is 1.33 bits per heavy atom. The van der Waals surface area contributed by atoms with Crippen molar-refractivity contribution in [2.75, 3.05) is 0 Å². The molecule has 1 rings (SSSR count). The molecule has 0 spiro atoms. The van der Waals surface area contributed by atoms with E-state index in [9.17, 15) is 20.0 Å². The van der Waals surface area contributed by atoms with Crippen LogP contribution < -0.4 is 0 Å². The molecular weight excluding hydrogens is 278 g/mol. The number of aliphatic hydroxyl groups is 2. The number of aryl methyl sites for hydroxylation is 1. The topological polar surface area (TPSA) is 121 Å². The molecule has 0 bridgehead atoms. The molecule has 0 saturated carbocycles. The Balaban J connectivity index is 2.70. The van der Waals surface area contributed by atoms with Crippen LogP contribution in [-0.2, 0) is 6.42 Å². The van der Waals surface area contributed by atoms with Gasteiger partial charge in [-0.25, -0.2) is 4.79 Å². The van der Waals surface area contributed by atoms with Gasteiger partial charge in [0, 0.05) is 12.1 Å². The van der Waals surface area contributed by atoms with E-state index in [-0.39, 0.29) is 11.3 Å². The molecule has 2 unspecified atom stereocenters. The van der Waals surface area contributed by atoms with E-state index in [1.54, 1.807) is 0 Å². The van der Waals surface area contributed by atoms with Gasteiger partial charge in [0.15, 0.2) is 0 Å². The first kappa shape index (κ1) is 17.1. The van der Waals surface area contributed by atoms with E-state index in [0.29, 0.717) is 31.2 Å². The zero-order valence-electron chi connectivity index (χ0n) is 11.7. The SMILES string of the molecule is CC(O)C(O)CCCCc1cc([N+](=O)[O-])ccc1C(=O)O. The third-order valence-corrected chi connectivity index (χ3v) is 3.28. The summed E-state index contributed by atoms with van der Waals surface area (Å²) in [7, 11) is 0. The highest BCUT2D eigenvalue weighted by Gasteiger charge is 2.15. The summed E-state index contributed by atoms with van der Waals surface area (Å²) in [4.78, 5) is 21.3. The summed E-state index contributed by atoms with van der Waals surface area (Å²) in [6, 6.07) is 3.68. The van der Waals surface area contributed by atoms with E-state index in [2.05, 4.69) is 0 Å². The smallest absolute Gasteiger partial charge is 0.335 e. The van der Waals surface area contributed by atoms with Crippen molar-refractivity contribution in [3.05, 3.63) is 39.4 Å². The summed E-state index contributed by atoms with van der Waals surface area (Å²) in [6.45, 7) is 1.49. The number of benzene rings is 1. The molecule has 0 amide bonds. The summed E-state index contributed by atoms with van der Waals surface area (Å²) >= 11 is 0. The quantitative estimate of drug-likeness (QED) is 0.382. The van der Waals surface area contributed by atoms with Gasteiger partial charge in [-0.15, -0.1) is 0 Å². The van der Waals surface area contributed by atoms with Crippen molar-refractivity contribution in [2.24, 2.45) is 0 Å². The third kappa shape index (κ3) is 5.13. The maximum atomic E-state index is 11.1. The Kier molecular flexibility index (Phi) is 6.26. The van der Waals surface area contributed by atoms with Gasteiger partial charge in [0.25, 0.3) is 5.69 Å². The number of hydrogen-bond acceptors (Lipinski definition) is 5. The standard InChI is InChI=1S/C14H19NO6/c1-9(16)13(17)5-3-2-4-10-8-11(15(20)21)6-7-12(10)14(18)19/h6-9,13,16-17H,2-5H2,1H3,(H,18,19). The van der Waals surface area contributed by atoms with E-state index in [1.807, 2.05) is 0 Å². The van der Waals surface area contributed by atoms with Crippen LogP contribution in [0.1, 0.15) is 42.1 Å². The Morgan fingerprint density at radius 3 is 2.52 bits per heavy atom. The number of unbranched alkanes of at least 4 members (excludes halogenated alkanes) is 1. The molecule has 0 radical (unpaired) electrons. The lowest BCUT2D eigenvalue weighted by Gasteiger charge is -2.13. The molecule has 7 nitrogen and oxygen atoms in total. The molecule has 1 aromatic rings. The molecule has 0 aliphatic rings. The van der Waals surface area contributed by atoms with Crippen molar-refractivity contribution in [1.29, 1.82) is 0 Å². The van der Waals surface area contributed by atoms with Crippen molar-refractivity contribution in [1.82, 2.24) is 0 Å². The molecule has 0 aliphatic carbocycles.